The highest BCUT2D eigenvalue weighted by Crippen LogP contribution is 2.38. The number of aromatic nitrogens is 3. The number of nitrogens with zero attached hydrogens (tertiary/aromatic N) is 5. The summed E-state index contributed by atoms with van der Waals surface area (Å²) >= 11 is 0. The predicted molar refractivity (Wildman–Crippen MR) is 76.4 cm³/mol. The number of piperazine rings is 1. The molecule has 1 N–H and O–H groups in total. The number of aliphatic hydroxyl groups excluding tert-OH is 1. The zero-order valence-corrected chi connectivity index (χ0v) is 12.5. The fourth-order valence-corrected chi connectivity index (χ4v) is 2.91. The van der Waals surface area contributed by atoms with Gasteiger partial charge in [-0.05, 0) is 19.8 Å². The van der Waals surface area contributed by atoms with Gasteiger partial charge in [-0.15, -0.1) is 10.2 Å². The maximum atomic E-state index is 9.43. The van der Waals surface area contributed by atoms with E-state index in [1.54, 1.807) is 0 Å². The minimum atomic E-state index is -0.235. The Balaban J connectivity index is 1.52. The molecule has 3 rings (SSSR count). The van der Waals surface area contributed by atoms with Crippen LogP contribution in [0.5, 0.6) is 0 Å². The van der Waals surface area contributed by atoms with Crippen molar-refractivity contribution >= 4 is 0 Å². The van der Waals surface area contributed by atoms with E-state index in [1.807, 2.05) is 6.92 Å². The van der Waals surface area contributed by atoms with Gasteiger partial charge in [0.1, 0.15) is 11.6 Å². The van der Waals surface area contributed by atoms with Crippen LogP contribution in [-0.2, 0) is 13.6 Å². The van der Waals surface area contributed by atoms with E-state index in [9.17, 15) is 5.11 Å². The van der Waals surface area contributed by atoms with Gasteiger partial charge in [0.2, 0.25) is 0 Å². The number of hydrogen-bond acceptors (Lipinski definition) is 5. The summed E-state index contributed by atoms with van der Waals surface area (Å²) in [6.07, 6.45) is 2.30. The molecule has 6 nitrogen and oxygen atoms in total. The second-order valence-corrected chi connectivity index (χ2v) is 6.23. The van der Waals surface area contributed by atoms with E-state index in [1.165, 1.54) is 12.8 Å². The lowest BCUT2D eigenvalue weighted by Crippen LogP contribution is -2.48. The van der Waals surface area contributed by atoms with E-state index in [4.69, 9.17) is 0 Å². The first kappa shape index (κ1) is 14.0. The van der Waals surface area contributed by atoms with Crippen LogP contribution in [0.15, 0.2) is 0 Å². The van der Waals surface area contributed by atoms with E-state index < -0.39 is 0 Å². The third kappa shape index (κ3) is 3.19. The molecule has 2 heterocycles. The molecule has 6 heteroatoms. The van der Waals surface area contributed by atoms with Crippen LogP contribution in [0, 0.1) is 0 Å². The second kappa shape index (κ2) is 5.79. The molecule has 1 unspecified atom stereocenters. The van der Waals surface area contributed by atoms with Crippen LogP contribution >= 0.6 is 0 Å². The highest BCUT2D eigenvalue weighted by molar-refractivity contribution is 5.07. The highest BCUT2D eigenvalue weighted by Gasteiger charge is 2.29. The van der Waals surface area contributed by atoms with Gasteiger partial charge in [-0.25, -0.2) is 0 Å². The molecular weight excluding hydrogens is 254 g/mol. The van der Waals surface area contributed by atoms with Crippen molar-refractivity contribution in [2.45, 2.75) is 38.3 Å². The molecule has 1 saturated carbocycles. The Morgan fingerprint density at radius 3 is 2.40 bits per heavy atom. The predicted octanol–water partition coefficient (Wildman–Crippen LogP) is 0.191. The first-order chi connectivity index (χ1) is 9.63. The monoisotopic (exact) mass is 279 g/mol. The average molecular weight is 279 g/mol. The molecule has 2 aliphatic rings. The van der Waals surface area contributed by atoms with E-state index in [0.29, 0.717) is 5.92 Å². The number of rotatable bonds is 5. The SMILES string of the molecule is CC(O)CN1CCN(Cc2nnc(C3CC3)n2C)CC1. The summed E-state index contributed by atoms with van der Waals surface area (Å²) in [5.74, 6) is 2.90. The molecule has 0 amide bonds. The maximum Gasteiger partial charge on any atom is 0.146 e. The van der Waals surface area contributed by atoms with Crippen LogP contribution < -0.4 is 0 Å². The van der Waals surface area contributed by atoms with Crippen molar-refractivity contribution in [3.63, 3.8) is 0 Å². The van der Waals surface area contributed by atoms with Crippen LogP contribution in [0.4, 0.5) is 0 Å². The van der Waals surface area contributed by atoms with Crippen molar-refractivity contribution < 1.29 is 5.11 Å². The molecule has 1 aromatic rings. The summed E-state index contributed by atoms with van der Waals surface area (Å²) < 4.78 is 2.18. The van der Waals surface area contributed by atoms with Crippen LogP contribution in [0.3, 0.4) is 0 Å². The molecule has 1 aliphatic heterocycles. The van der Waals surface area contributed by atoms with Crippen molar-refractivity contribution in [3.05, 3.63) is 11.6 Å². The Morgan fingerprint density at radius 1 is 1.15 bits per heavy atom. The highest BCUT2D eigenvalue weighted by atomic mass is 16.3. The molecule has 20 heavy (non-hydrogen) atoms. The van der Waals surface area contributed by atoms with Gasteiger partial charge < -0.3 is 9.67 Å². The molecule has 0 aromatic carbocycles. The fourth-order valence-electron chi connectivity index (χ4n) is 2.91. The minimum Gasteiger partial charge on any atom is -0.392 e. The van der Waals surface area contributed by atoms with Gasteiger partial charge in [-0.1, -0.05) is 0 Å². The largest absolute Gasteiger partial charge is 0.392 e. The standard InChI is InChI=1S/C14H25N5O/c1-11(20)9-18-5-7-19(8-6-18)10-13-15-16-14(17(13)2)12-3-4-12/h11-12,20H,3-10H2,1-2H3. The van der Waals surface area contributed by atoms with Crippen LogP contribution in [-0.4, -0.2) is 68.5 Å². The summed E-state index contributed by atoms with van der Waals surface area (Å²) in [6.45, 7) is 7.65. The lowest BCUT2D eigenvalue weighted by atomic mass is 10.2. The van der Waals surface area contributed by atoms with Crippen molar-refractivity contribution in [1.29, 1.82) is 0 Å². The van der Waals surface area contributed by atoms with Crippen molar-refractivity contribution in [3.8, 4) is 0 Å². The van der Waals surface area contributed by atoms with E-state index in [0.717, 1.165) is 50.9 Å². The fraction of sp³-hybridized carbons (Fsp3) is 0.857. The third-order valence-corrected chi connectivity index (χ3v) is 4.29. The minimum absolute atomic E-state index is 0.235. The van der Waals surface area contributed by atoms with Crippen molar-refractivity contribution in [1.82, 2.24) is 24.6 Å². The average Bonchev–Trinajstić information content (AvgIpc) is 3.18. The number of hydrogen-bond donors (Lipinski definition) is 1. The van der Waals surface area contributed by atoms with Gasteiger partial charge in [0.05, 0.1) is 12.6 Å². The Bertz CT molecular complexity index is 446. The number of β-amino-alcohol motifs (C(OH)–C–C–N with tert-alkyl or cyclic N) is 1. The van der Waals surface area contributed by atoms with Gasteiger partial charge in [0.25, 0.3) is 0 Å². The Hall–Kier alpha value is -0.980. The molecule has 112 valence electrons. The van der Waals surface area contributed by atoms with Crippen molar-refractivity contribution in [2.75, 3.05) is 32.7 Å². The lowest BCUT2D eigenvalue weighted by molar-refractivity contribution is 0.0767. The molecule has 1 saturated heterocycles. The normalized spacial score (nSPS) is 23.1. The van der Waals surface area contributed by atoms with Gasteiger partial charge in [0, 0.05) is 45.7 Å². The van der Waals surface area contributed by atoms with Crippen molar-refractivity contribution in [2.24, 2.45) is 7.05 Å². The zero-order valence-electron chi connectivity index (χ0n) is 12.5. The Morgan fingerprint density at radius 2 is 1.80 bits per heavy atom. The molecule has 0 spiro atoms. The van der Waals surface area contributed by atoms with Gasteiger partial charge in [0.15, 0.2) is 0 Å². The number of aliphatic hydroxyl groups is 1. The molecular formula is C14H25N5O. The topological polar surface area (TPSA) is 57.4 Å². The zero-order chi connectivity index (χ0) is 14.1. The molecule has 1 aliphatic carbocycles. The lowest BCUT2D eigenvalue weighted by Gasteiger charge is -2.34. The smallest absolute Gasteiger partial charge is 0.146 e. The first-order valence-electron chi connectivity index (χ1n) is 7.64. The quantitative estimate of drug-likeness (QED) is 0.834. The molecule has 0 radical (unpaired) electrons. The summed E-state index contributed by atoms with van der Waals surface area (Å²) in [4.78, 5) is 4.76. The molecule has 2 fully saturated rings. The second-order valence-electron chi connectivity index (χ2n) is 6.23. The summed E-state index contributed by atoms with van der Waals surface area (Å²) in [5.41, 5.74) is 0. The van der Waals surface area contributed by atoms with Gasteiger partial charge >= 0.3 is 0 Å². The summed E-state index contributed by atoms with van der Waals surface area (Å²) in [5, 5.41) is 18.1. The Kier molecular flexibility index (Phi) is 4.05. The van der Waals surface area contributed by atoms with Crippen LogP contribution in [0.2, 0.25) is 0 Å². The van der Waals surface area contributed by atoms with E-state index in [-0.39, 0.29) is 6.10 Å². The Labute approximate surface area is 120 Å². The maximum absolute atomic E-state index is 9.43. The van der Waals surface area contributed by atoms with E-state index in [2.05, 4.69) is 31.6 Å². The third-order valence-electron chi connectivity index (χ3n) is 4.29. The molecule has 0 bridgehead atoms. The van der Waals surface area contributed by atoms with Gasteiger partial charge in [-0.3, -0.25) is 9.80 Å². The van der Waals surface area contributed by atoms with Crippen LogP contribution in [0.1, 0.15) is 37.3 Å². The van der Waals surface area contributed by atoms with E-state index >= 15 is 0 Å². The molecule has 1 aromatic heterocycles. The first-order valence-corrected chi connectivity index (χ1v) is 7.64. The van der Waals surface area contributed by atoms with Crippen LogP contribution in [0.25, 0.3) is 0 Å². The summed E-state index contributed by atoms with van der Waals surface area (Å²) in [6, 6.07) is 0. The summed E-state index contributed by atoms with van der Waals surface area (Å²) in [7, 11) is 2.09. The van der Waals surface area contributed by atoms with Gasteiger partial charge in [-0.2, -0.15) is 0 Å². The molecule has 1 atom stereocenters.